The maximum Gasteiger partial charge on any atom is 0.122 e. The summed E-state index contributed by atoms with van der Waals surface area (Å²) in [7, 11) is 1.56. The highest BCUT2D eigenvalue weighted by Crippen LogP contribution is 2.16. The van der Waals surface area contributed by atoms with Crippen LogP contribution in [0.15, 0.2) is 54.6 Å². The van der Waals surface area contributed by atoms with Crippen LogP contribution in [0.2, 0.25) is 0 Å². The summed E-state index contributed by atoms with van der Waals surface area (Å²) in [4.78, 5) is 0. The predicted molar refractivity (Wildman–Crippen MR) is 62.8 cm³/mol. The molecule has 0 aromatic heterocycles. The molecule has 0 aliphatic heterocycles. The van der Waals surface area contributed by atoms with Crippen molar-refractivity contribution in [1.82, 2.24) is 0 Å². The van der Waals surface area contributed by atoms with Crippen LogP contribution in [0, 0.1) is 0 Å². The zero-order valence-corrected chi connectivity index (χ0v) is 9.00. The van der Waals surface area contributed by atoms with Gasteiger partial charge in [-0.3, -0.25) is 0 Å². The monoisotopic (exact) mass is 218 g/mol. The SMILES string of the molecule is COc1cccc(O)c1.Oc1ccccc1. The van der Waals surface area contributed by atoms with Crippen molar-refractivity contribution < 1.29 is 14.9 Å². The summed E-state index contributed by atoms with van der Waals surface area (Å²) in [6, 6.07) is 15.4. The first kappa shape index (κ1) is 11.9. The van der Waals surface area contributed by atoms with Crippen LogP contribution >= 0.6 is 0 Å². The molecule has 2 N–H and O–H groups in total. The maximum absolute atomic E-state index is 8.86. The minimum absolute atomic E-state index is 0.231. The molecular weight excluding hydrogens is 204 g/mol. The number of ether oxygens (including phenoxy) is 1. The topological polar surface area (TPSA) is 49.7 Å². The van der Waals surface area contributed by atoms with E-state index in [9.17, 15) is 0 Å². The van der Waals surface area contributed by atoms with Gasteiger partial charge in [0.15, 0.2) is 0 Å². The van der Waals surface area contributed by atoms with Crippen LogP contribution in [0.25, 0.3) is 0 Å². The highest BCUT2D eigenvalue weighted by atomic mass is 16.5. The van der Waals surface area contributed by atoms with Crippen LogP contribution < -0.4 is 4.74 Å². The van der Waals surface area contributed by atoms with E-state index in [0.717, 1.165) is 0 Å². The number of methoxy groups -OCH3 is 1. The third kappa shape index (κ3) is 4.37. The number of hydrogen-bond donors (Lipinski definition) is 2. The molecule has 0 aliphatic carbocycles. The van der Waals surface area contributed by atoms with Gasteiger partial charge in [-0.05, 0) is 24.3 Å². The molecule has 0 atom stereocenters. The number of phenols is 2. The van der Waals surface area contributed by atoms with Crippen LogP contribution in [-0.4, -0.2) is 17.3 Å². The largest absolute Gasteiger partial charge is 0.508 e. The Balaban J connectivity index is 0.000000165. The minimum atomic E-state index is 0.231. The Bertz CT molecular complexity index is 413. The normalized spacial score (nSPS) is 8.81. The minimum Gasteiger partial charge on any atom is -0.508 e. The van der Waals surface area contributed by atoms with Crippen molar-refractivity contribution in [2.24, 2.45) is 0 Å². The summed E-state index contributed by atoms with van der Waals surface area (Å²) in [5.41, 5.74) is 0. The molecule has 0 saturated carbocycles. The molecule has 16 heavy (non-hydrogen) atoms. The zero-order chi connectivity index (χ0) is 11.8. The second-order valence-corrected chi connectivity index (χ2v) is 3.04. The average molecular weight is 218 g/mol. The number of phenolic OH excluding ortho intramolecular Hbond substituents is 2. The number of benzene rings is 2. The van der Waals surface area contributed by atoms with Crippen molar-refractivity contribution in [1.29, 1.82) is 0 Å². The van der Waals surface area contributed by atoms with Crippen molar-refractivity contribution in [3.63, 3.8) is 0 Å². The van der Waals surface area contributed by atoms with E-state index < -0.39 is 0 Å². The van der Waals surface area contributed by atoms with E-state index >= 15 is 0 Å². The van der Waals surface area contributed by atoms with Gasteiger partial charge in [-0.15, -0.1) is 0 Å². The molecule has 0 radical (unpaired) electrons. The van der Waals surface area contributed by atoms with Gasteiger partial charge in [0, 0.05) is 6.07 Å². The fourth-order valence-electron chi connectivity index (χ4n) is 1.04. The maximum atomic E-state index is 8.86. The number of para-hydroxylation sites is 1. The van der Waals surface area contributed by atoms with Crippen molar-refractivity contribution in [2.75, 3.05) is 7.11 Å². The second-order valence-electron chi connectivity index (χ2n) is 3.04. The molecule has 0 heterocycles. The molecule has 2 aromatic carbocycles. The molecular formula is C13H14O3. The van der Waals surface area contributed by atoms with Gasteiger partial charge in [-0.25, -0.2) is 0 Å². The molecule has 2 rings (SSSR count). The zero-order valence-electron chi connectivity index (χ0n) is 9.00. The summed E-state index contributed by atoms with van der Waals surface area (Å²) in [6.07, 6.45) is 0. The lowest BCUT2D eigenvalue weighted by molar-refractivity contribution is 0.407. The molecule has 3 heteroatoms. The summed E-state index contributed by atoms with van der Waals surface area (Å²) in [5, 5.41) is 17.5. The molecule has 3 nitrogen and oxygen atoms in total. The van der Waals surface area contributed by atoms with Crippen LogP contribution in [0.1, 0.15) is 0 Å². The fourth-order valence-corrected chi connectivity index (χ4v) is 1.04. The summed E-state index contributed by atoms with van der Waals surface area (Å²) in [6.45, 7) is 0. The number of hydrogen-bond acceptors (Lipinski definition) is 3. The van der Waals surface area contributed by atoms with Gasteiger partial charge in [0.05, 0.1) is 7.11 Å². The Labute approximate surface area is 94.6 Å². The van der Waals surface area contributed by atoms with Gasteiger partial charge < -0.3 is 14.9 Å². The van der Waals surface area contributed by atoms with Crippen LogP contribution in [-0.2, 0) is 0 Å². The lowest BCUT2D eigenvalue weighted by Crippen LogP contribution is -1.79. The summed E-state index contributed by atoms with van der Waals surface area (Å²) >= 11 is 0. The molecule has 0 spiro atoms. The molecule has 0 amide bonds. The molecule has 0 unspecified atom stereocenters. The van der Waals surface area contributed by atoms with Crippen molar-refractivity contribution >= 4 is 0 Å². The summed E-state index contributed by atoms with van der Waals surface area (Å²) < 4.78 is 4.84. The number of rotatable bonds is 1. The third-order valence-electron chi connectivity index (χ3n) is 1.81. The lowest BCUT2D eigenvalue weighted by atomic mass is 10.3. The van der Waals surface area contributed by atoms with E-state index in [1.165, 1.54) is 0 Å². The molecule has 84 valence electrons. The molecule has 2 aromatic rings. The molecule has 0 bridgehead atoms. The lowest BCUT2D eigenvalue weighted by Gasteiger charge is -1.97. The van der Waals surface area contributed by atoms with E-state index in [4.69, 9.17) is 14.9 Å². The van der Waals surface area contributed by atoms with Gasteiger partial charge >= 0.3 is 0 Å². The van der Waals surface area contributed by atoms with Gasteiger partial charge in [0.1, 0.15) is 17.2 Å². The van der Waals surface area contributed by atoms with Gasteiger partial charge in [0.2, 0.25) is 0 Å². The first-order chi connectivity index (χ1) is 7.72. The smallest absolute Gasteiger partial charge is 0.122 e. The first-order valence-electron chi connectivity index (χ1n) is 4.79. The molecule has 0 saturated heterocycles. The van der Waals surface area contributed by atoms with E-state index in [-0.39, 0.29) is 5.75 Å². The van der Waals surface area contributed by atoms with E-state index in [2.05, 4.69) is 0 Å². The van der Waals surface area contributed by atoms with Crippen molar-refractivity contribution in [3.05, 3.63) is 54.6 Å². The Morgan fingerprint density at radius 1 is 0.812 bits per heavy atom. The first-order valence-corrected chi connectivity index (χ1v) is 4.79. The standard InChI is InChI=1S/C7H8O2.C6H6O/c1-9-7-4-2-3-6(8)5-7;7-6-4-2-1-3-5-6/h2-5,8H,1H3;1-5,7H. The van der Waals surface area contributed by atoms with Crippen molar-refractivity contribution in [2.45, 2.75) is 0 Å². The van der Waals surface area contributed by atoms with Crippen LogP contribution in [0.5, 0.6) is 17.2 Å². The summed E-state index contributed by atoms with van der Waals surface area (Å²) in [5.74, 6) is 1.23. The van der Waals surface area contributed by atoms with E-state index in [1.807, 2.05) is 6.07 Å². The van der Waals surface area contributed by atoms with Crippen molar-refractivity contribution in [3.8, 4) is 17.2 Å². The second kappa shape index (κ2) is 6.35. The fraction of sp³-hybridized carbons (Fsp3) is 0.0769. The van der Waals surface area contributed by atoms with E-state index in [0.29, 0.717) is 11.5 Å². The molecule has 0 aliphatic rings. The van der Waals surface area contributed by atoms with Crippen LogP contribution in [0.4, 0.5) is 0 Å². The predicted octanol–water partition coefficient (Wildman–Crippen LogP) is 2.79. The Hall–Kier alpha value is -2.16. The third-order valence-corrected chi connectivity index (χ3v) is 1.81. The Morgan fingerprint density at radius 3 is 1.81 bits per heavy atom. The van der Waals surface area contributed by atoms with Gasteiger partial charge in [-0.1, -0.05) is 24.3 Å². The molecule has 0 fully saturated rings. The van der Waals surface area contributed by atoms with Gasteiger partial charge in [-0.2, -0.15) is 0 Å². The Kier molecular flexibility index (Phi) is 4.73. The highest BCUT2D eigenvalue weighted by Gasteiger charge is 1.88. The van der Waals surface area contributed by atoms with Gasteiger partial charge in [0.25, 0.3) is 0 Å². The quantitative estimate of drug-likeness (QED) is 0.773. The number of aromatic hydroxyl groups is 2. The van der Waals surface area contributed by atoms with Crippen LogP contribution in [0.3, 0.4) is 0 Å². The highest BCUT2D eigenvalue weighted by molar-refractivity contribution is 5.31. The average Bonchev–Trinajstić information content (AvgIpc) is 2.31. The van der Waals surface area contributed by atoms with E-state index in [1.54, 1.807) is 55.6 Å². The Morgan fingerprint density at radius 2 is 1.44 bits per heavy atom.